The second-order valence-electron chi connectivity index (χ2n) is 7.49. The van der Waals surface area contributed by atoms with Crippen LogP contribution in [0, 0.1) is 6.92 Å². The summed E-state index contributed by atoms with van der Waals surface area (Å²) in [6.07, 6.45) is 1.85. The normalized spacial score (nSPS) is 12.0. The van der Waals surface area contributed by atoms with Gasteiger partial charge in [-0.3, -0.25) is 4.98 Å². The van der Waals surface area contributed by atoms with Crippen molar-refractivity contribution in [1.82, 2.24) is 19.5 Å². The number of rotatable bonds is 3. The molecule has 0 radical (unpaired) electrons. The van der Waals surface area contributed by atoms with Crippen molar-refractivity contribution in [2.24, 2.45) is 0 Å². The zero-order valence-electron chi connectivity index (χ0n) is 16.5. The molecule has 4 aromatic heterocycles. The third-order valence-corrected chi connectivity index (χ3v) is 5.29. The van der Waals surface area contributed by atoms with Crippen LogP contribution in [0.15, 0.2) is 47.0 Å². The Hall–Kier alpha value is -3.21. The Labute approximate surface area is 163 Å². The topological polar surface area (TPSA) is 56.7 Å². The molecule has 5 rings (SSSR count). The van der Waals surface area contributed by atoms with Crippen LogP contribution in [0.2, 0.25) is 0 Å². The molecular formula is C23H22N4O. The van der Waals surface area contributed by atoms with E-state index in [4.69, 9.17) is 9.40 Å². The SMILES string of the molecule is CCn1c(-c2cccc3c2oc2nc(C)ccc23)nc2ccnc(C(C)C)c21. The Balaban J connectivity index is 1.87. The minimum Gasteiger partial charge on any atom is -0.437 e. The fourth-order valence-electron chi connectivity index (χ4n) is 3.99. The minimum absolute atomic E-state index is 0.327. The molecule has 0 saturated carbocycles. The van der Waals surface area contributed by atoms with Gasteiger partial charge in [-0.1, -0.05) is 26.0 Å². The summed E-state index contributed by atoms with van der Waals surface area (Å²) in [6, 6.07) is 12.3. The molecule has 0 aliphatic heterocycles. The van der Waals surface area contributed by atoms with Gasteiger partial charge in [0.2, 0.25) is 5.71 Å². The van der Waals surface area contributed by atoms with Crippen molar-refractivity contribution in [2.75, 3.05) is 0 Å². The van der Waals surface area contributed by atoms with E-state index < -0.39 is 0 Å². The van der Waals surface area contributed by atoms with Gasteiger partial charge in [0.05, 0.1) is 22.3 Å². The van der Waals surface area contributed by atoms with E-state index in [0.717, 1.165) is 56.7 Å². The Morgan fingerprint density at radius 1 is 1.04 bits per heavy atom. The zero-order chi connectivity index (χ0) is 19.4. The lowest BCUT2D eigenvalue weighted by Gasteiger charge is -2.11. The Morgan fingerprint density at radius 3 is 2.68 bits per heavy atom. The van der Waals surface area contributed by atoms with Crippen LogP contribution in [-0.2, 0) is 6.54 Å². The Bertz CT molecular complexity index is 1340. The van der Waals surface area contributed by atoms with E-state index in [1.807, 2.05) is 25.3 Å². The van der Waals surface area contributed by atoms with Crippen LogP contribution < -0.4 is 0 Å². The van der Waals surface area contributed by atoms with Gasteiger partial charge in [0.1, 0.15) is 11.4 Å². The van der Waals surface area contributed by atoms with Crippen LogP contribution in [0.25, 0.3) is 44.5 Å². The summed E-state index contributed by atoms with van der Waals surface area (Å²) >= 11 is 0. The first kappa shape index (κ1) is 16.9. The van der Waals surface area contributed by atoms with E-state index in [1.165, 1.54) is 0 Å². The molecule has 0 fully saturated rings. The van der Waals surface area contributed by atoms with Gasteiger partial charge >= 0.3 is 0 Å². The number of fused-ring (bicyclic) bond motifs is 4. The Morgan fingerprint density at radius 2 is 1.89 bits per heavy atom. The van der Waals surface area contributed by atoms with E-state index >= 15 is 0 Å². The molecule has 5 nitrogen and oxygen atoms in total. The summed E-state index contributed by atoms with van der Waals surface area (Å²) in [5.74, 6) is 1.24. The molecule has 5 aromatic rings. The van der Waals surface area contributed by atoms with Crippen molar-refractivity contribution in [3.8, 4) is 11.4 Å². The molecule has 0 unspecified atom stereocenters. The first-order valence-corrected chi connectivity index (χ1v) is 9.73. The smallest absolute Gasteiger partial charge is 0.227 e. The Kier molecular flexibility index (Phi) is 3.72. The van der Waals surface area contributed by atoms with E-state index in [2.05, 4.69) is 59.6 Å². The number of furan rings is 1. The van der Waals surface area contributed by atoms with Crippen molar-refractivity contribution < 1.29 is 4.42 Å². The number of aryl methyl sites for hydroxylation is 2. The average Bonchev–Trinajstić information content (AvgIpc) is 3.24. The third kappa shape index (κ3) is 2.35. The number of aromatic nitrogens is 4. The predicted molar refractivity (Wildman–Crippen MR) is 113 cm³/mol. The lowest BCUT2D eigenvalue weighted by molar-refractivity contribution is 0.652. The maximum atomic E-state index is 6.21. The fourth-order valence-corrected chi connectivity index (χ4v) is 3.99. The number of hydrogen-bond acceptors (Lipinski definition) is 4. The van der Waals surface area contributed by atoms with Gasteiger partial charge < -0.3 is 8.98 Å². The summed E-state index contributed by atoms with van der Waals surface area (Å²) in [5, 5.41) is 2.10. The quantitative estimate of drug-likeness (QED) is 0.400. The fraction of sp³-hybridized carbons (Fsp3) is 0.261. The highest BCUT2D eigenvalue weighted by Gasteiger charge is 2.20. The van der Waals surface area contributed by atoms with Crippen molar-refractivity contribution in [3.05, 3.63) is 54.0 Å². The van der Waals surface area contributed by atoms with Crippen LogP contribution in [0.5, 0.6) is 0 Å². The molecule has 0 aliphatic rings. The molecule has 0 atom stereocenters. The lowest BCUT2D eigenvalue weighted by atomic mass is 10.1. The summed E-state index contributed by atoms with van der Waals surface area (Å²) in [4.78, 5) is 14.2. The molecule has 0 saturated heterocycles. The number of pyridine rings is 2. The highest BCUT2D eigenvalue weighted by Crippen LogP contribution is 2.37. The molecule has 28 heavy (non-hydrogen) atoms. The van der Waals surface area contributed by atoms with Gasteiger partial charge in [-0.15, -0.1) is 0 Å². The second kappa shape index (κ2) is 6.16. The zero-order valence-corrected chi connectivity index (χ0v) is 16.5. The lowest BCUT2D eigenvalue weighted by Crippen LogP contribution is -2.02. The molecule has 0 amide bonds. The standard InChI is InChI=1S/C23H22N4O/c1-5-27-20-18(11-12-24-19(20)13(2)3)26-22(27)17-8-6-7-15-16-10-9-14(4)25-23(16)28-21(15)17/h6-13H,5H2,1-4H3. The van der Waals surface area contributed by atoms with E-state index in [1.54, 1.807) is 0 Å². The van der Waals surface area contributed by atoms with Crippen LogP contribution in [-0.4, -0.2) is 19.5 Å². The number of imidazole rings is 1. The van der Waals surface area contributed by atoms with Crippen LogP contribution in [0.4, 0.5) is 0 Å². The van der Waals surface area contributed by atoms with Crippen LogP contribution in [0.1, 0.15) is 38.1 Å². The average molecular weight is 370 g/mol. The molecule has 0 N–H and O–H groups in total. The van der Waals surface area contributed by atoms with Gasteiger partial charge in [-0.25, -0.2) is 9.97 Å². The minimum atomic E-state index is 0.327. The number of benzene rings is 1. The third-order valence-electron chi connectivity index (χ3n) is 5.29. The van der Waals surface area contributed by atoms with E-state index in [-0.39, 0.29) is 0 Å². The van der Waals surface area contributed by atoms with Crippen LogP contribution >= 0.6 is 0 Å². The van der Waals surface area contributed by atoms with Crippen molar-refractivity contribution in [2.45, 2.75) is 40.2 Å². The maximum absolute atomic E-state index is 6.21. The summed E-state index contributed by atoms with van der Waals surface area (Å²) in [7, 11) is 0. The van der Waals surface area contributed by atoms with Crippen molar-refractivity contribution in [1.29, 1.82) is 0 Å². The van der Waals surface area contributed by atoms with Crippen LogP contribution in [0.3, 0.4) is 0 Å². The molecule has 0 bridgehead atoms. The van der Waals surface area contributed by atoms with E-state index in [9.17, 15) is 0 Å². The van der Waals surface area contributed by atoms with Gasteiger partial charge in [-0.2, -0.15) is 0 Å². The van der Waals surface area contributed by atoms with E-state index in [0.29, 0.717) is 11.6 Å². The molecule has 0 spiro atoms. The maximum Gasteiger partial charge on any atom is 0.227 e. The molecule has 1 aromatic carbocycles. The van der Waals surface area contributed by atoms with Crippen molar-refractivity contribution >= 4 is 33.1 Å². The highest BCUT2D eigenvalue weighted by molar-refractivity contribution is 6.08. The van der Waals surface area contributed by atoms with Gasteiger partial charge in [-0.05, 0) is 44.0 Å². The molecule has 5 heteroatoms. The highest BCUT2D eigenvalue weighted by atomic mass is 16.3. The number of nitrogens with zero attached hydrogens (tertiary/aromatic N) is 4. The molecular weight excluding hydrogens is 348 g/mol. The monoisotopic (exact) mass is 370 g/mol. The van der Waals surface area contributed by atoms with Gasteiger partial charge in [0.25, 0.3) is 0 Å². The summed E-state index contributed by atoms with van der Waals surface area (Å²) in [6.45, 7) is 9.27. The second-order valence-corrected chi connectivity index (χ2v) is 7.49. The largest absolute Gasteiger partial charge is 0.437 e. The number of hydrogen-bond donors (Lipinski definition) is 0. The number of para-hydroxylation sites is 1. The van der Waals surface area contributed by atoms with Gasteiger partial charge in [0, 0.05) is 29.2 Å². The summed E-state index contributed by atoms with van der Waals surface area (Å²) < 4.78 is 8.46. The molecule has 4 heterocycles. The molecule has 140 valence electrons. The summed E-state index contributed by atoms with van der Waals surface area (Å²) in [5.41, 5.74) is 6.59. The van der Waals surface area contributed by atoms with Gasteiger partial charge in [0.15, 0.2) is 0 Å². The first-order valence-electron chi connectivity index (χ1n) is 9.73. The predicted octanol–water partition coefficient (Wildman–Crippen LogP) is 5.84. The first-order chi connectivity index (χ1) is 13.6. The van der Waals surface area contributed by atoms with Crippen molar-refractivity contribution in [3.63, 3.8) is 0 Å². The molecule has 0 aliphatic carbocycles.